The van der Waals surface area contributed by atoms with Crippen molar-refractivity contribution in [1.82, 2.24) is 0 Å². The van der Waals surface area contributed by atoms with E-state index in [2.05, 4.69) is 0 Å². The summed E-state index contributed by atoms with van der Waals surface area (Å²) in [5.41, 5.74) is 4.02. The number of hydrogen-bond acceptors (Lipinski definition) is 1. The molecule has 11 heavy (non-hydrogen) atoms. The predicted octanol–water partition coefficient (Wildman–Crippen LogP) is 2.11. The number of nitrogens with two attached hydrogens (primary N) is 1. The Morgan fingerprint density at radius 3 is 1.91 bits per heavy atom. The van der Waals surface area contributed by atoms with Gasteiger partial charge in [0.1, 0.15) is 5.67 Å². The predicted molar refractivity (Wildman–Crippen MR) is 45.1 cm³/mol. The van der Waals surface area contributed by atoms with Crippen molar-refractivity contribution in [2.45, 2.75) is 39.3 Å². The molecule has 1 aliphatic rings. The fourth-order valence-electron chi connectivity index (χ4n) is 1.63. The molecule has 1 aliphatic carbocycles. The van der Waals surface area contributed by atoms with Crippen molar-refractivity contribution in [3.8, 4) is 0 Å². The van der Waals surface area contributed by atoms with Gasteiger partial charge in [0.2, 0.25) is 0 Å². The first-order valence-electron chi connectivity index (χ1n) is 4.31. The Morgan fingerprint density at radius 1 is 1.36 bits per heavy atom. The molecular formula is C9H18FN. The summed E-state index contributed by atoms with van der Waals surface area (Å²) in [6, 6.07) is 0. The van der Waals surface area contributed by atoms with Gasteiger partial charge < -0.3 is 5.73 Å². The molecule has 0 aromatic carbocycles. The minimum Gasteiger partial charge on any atom is -0.327 e. The van der Waals surface area contributed by atoms with E-state index >= 15 is 0 Å². The molecule has 1 saturated carbocycles. The van der Waals surface area contributed by atoms with Gasteiger partial charge in [0.25, 0.3) is 0 Å². The molecule has 0 spiro atoms. The van der Waals surface area contributed by atoms with Crippen LogP contribution in [-0.2, 0) is 0 Å². The normalized spacial score (nSPS) is 24.8. The molecule has 1 rings (SSSR count). The highest BCUT2D eigenvalue weighted by atomic mass is 19.1. The van der Waals surface area contributed by atoms with Crippen molar-refractivity contribution >= 4 is 0 Å². The van der Waals surface area contributed by atoms with Crippen LogP contribution in [0, 0.1) is 11.3 Å². The number of hydrogen-bond donors (Lipinski definition) is 1. The highest BCUT2D eigenvalue weighted by Gasteiger charge is 2.52. The van der Waals surface area contributed by atoms with Crippen LogP contribution in [0.5, 0.6) is 0 Å². The van der Waals surface area contributed by atoms with Gasteiger partial charge >= 0.3 is 0 Å². The number of alkyl halides is 1. The Hall–Kier alpha value is -0.110. The lowest BCUT2D eigenvalue weighted by atomic mass is 9.75. The van der Waals surface area contributed by atoms with Crippen molar-refractivity contribution in [3.05, 3.63) is 0 Å². The van der Waals surface area contributed by atoms with Crippen LogP contribution in [0.4, 0.5) is 4.39 Å². The molecule has 0 heterocycles. The molecule has 1 fully saturated rings. The summed E-state index contributed by atoms with van der Waals surface area (Å²) < 4.78 is 14.1. The Balaban J connectivity index is 2.73. The van der Waals surface area contributed by atoms with Gasteiger partial charge in [0.15, 0.2) is 0 Å². The molecular weight excluding hydrogens is 141 g/mol. The highest BCUT2D eigenvalue weighted by Crippen LogP contribution is 2.50. The second-order valence-electron chi connectivity index (χ2n) is 4.59. The lowest BCUT2D eigenvalue weighted by Gasteiger charge is -2.37. The maximum Gasteiger partial charge on any atom is 0.130 e. The van der Waals surface area contributed by atoms with E-state index in [1.54, 1.807) is 0 Å². The average molecular weight is 159 g/mol. The van der Waals surface area contributed by atoms with Gasteiger partial charge in [-0.15, -0.1) is 0 Å². The van der Waals surface area contributed by atoms with Crippen LogP contribution in [0.3, 0.4) is 0 Å². The zero-order valence-electron chi connectivity index (χ0n) is 7.65. The Morgan fingerprint density at radius 2 is 1.82 bits per heavy atom. The maximum absolute atomic E-state index is 14.1. The molecule has 1 unspecified atom stereocenters. The minimum absolute atomic E-state index is 0.168. The standard InChI is InChI=1S/C9H18FN/c1-8(2,3)9(10,6-11)7-4-5-7/h7H,4-6,11H2,1-3H3. The van der Waals surface area contributed by atoms with Gasteiger partial charge in [-0.2, -0.15) is 0 Å². The second kappa shape index (κ2) is 2.44. The van der Waals surface area contributed by atoms with Crippen molar-refractivity contribution in [2.24, 2.45) is 17.1 Å². The van der Waals surface area contributed by atoms with E-state index < -0.39 is 5.67 Å². The molecule has 1 nitrogen and oxygen atoms in total. The van der Waals surface area contributed by atoms with E-state index in [1.807, 2.05) is 20.8 Å². The van der Waals surface area contributed by atoms with Crippen LogP contribution in [-0.4, -0.2) is 12.2 Å². The zero-order chi connectivity index (χ0) is 8.70. The first kappa shape index (κ1) is 8.98. The second-order valence-corrected chi connectivity index (χ2v) is 4.59. The number of halogens is 1. The molecule has 2 heteroatoms. The summed E-state index contributed by atoms with van der Waals surface area (Å²) in [5, 5.41) is 0. The van der Waals surface area contributed by atoms with E-state index in [4.69, 9.17) is 5.73 Å². The molecule has 0 saturated heterocycles. The third kappa shape index (κ3) is 1.41. The minimum atomic E-state index is -1.13. The topological polar surface area (TPSA) is 26.0 Å². The van der Waals surface area contributed by atoms with Gasteiger partial charge in [-0.1, -0.05) is 20.8 Å². The van der Waals surface area contributed by atoms with E-state index in [0.717, 1.165) is 12.8 Å². The lowest BCUT2D eigenvalue weighted by molar-refractivity contribution is 0.0156. The van der Waals surface area contributed by atoms with Crippen LogP contribution in [0.15, 0.2) is 0 Å². The van der Waals surface area contributed by atoms with Gasteiger partial charge in [-0.3, -0.25) is 0 Å². The Bertz CT molecular complexity index is 146. The average Bonchev–Trinajstić information content (AvgIpc) is 2.64. The molecule has 0 aromatic heterocycles. The molecule has 0 radical (unpaired) electrons. The van der Waals surface area contributed by atoms with E-state index in [-0.39, 0.29) is 17.9 Å². The highest BCUT2D eigenvalue weighted by molar-refractivity contribution is 5.02. The third-order valence-electron chi connectivity index (χ3n) is 2.77. The van der Waals surface area contributed by atoms with Crippen LogP contribution >= 0.6 is 0 Å². The van der Waals surface area contributed by atoms with E-state index in [1.165, 1.54) is 0 Å². The smallest absolute Gasteiger partial charge is 0.130 e. The van der Waals surface area contributed by atoms with Crippen molar-refractivity contribution < 1.29 is 4.39 Å². The Labute approximate surface area is 68.2 Å². The van der Waals surface area contributed by atoms with E-state index in [9.17, 15) is 4.39 Å². The van der Waals surface area contributed by atoms with Crippen molar-refractivity contribution in [1.29, 1.82) is 0 Å². The Kier molecular flexibility index (Phi) is 1.99. The molecule has 0 bridgehead atoms. The summed E-state index contributed by atoms with van der Waals surface area (Å²) in [7, 11) is 0. The summed E-state index contributed by atoms with van der Waals surface area (Å²) in [5.74, 6) is 0.229. The van der Waals surface area contributed by atoms with Crippen LogP contribution in [0.1, 0.15) is 33.6 Å². The van der Waals surface area contributed by atoms with E-state index in [0.29, 0.717) is 0 Å². The van der Waals surface area contributed by atoms with Crippen LogP contribution < -0.4 is 5.73 Å². The monoisotopic (exact) mass is 159 g/mol. The SMILES string of the molecule is CC(C)(C)C(F)(CN)C1CC1. The number of rotatable bonds is 2. The van der Waals surface area contributed by atoms with Gasteiger partial charge in [-0.25, -0.2) is 4.39 Å². The summed E-state index contributed by atoms with van der Waals surface area (Å²) in [6.07, 6.45) is 2.04. The molecule has 2 N–H and O–H groups in total. The first-order chi connectivity index (χ1) is 4.92. The van der Waals surface area contributed by atoms with Gasteiger partial charge in [0, 0.05) is 6.54 Å². The van der Waals surface area contributed by atoms with Crippen LogP contribution in [0.2, 0.25) is 0 Å². The molecule has 0 aliphatic heterocycles. The summed E-state index contributed by atoms with van der Waals surface area (Å²) in [6.45, 7) is 5.95. The lowest BCUT2D eigenvalue weighted by Crippen LogP contribution is -2.47. The van der Waals surface area contributed by atoms with Gasteiger partial charge in [0.05, 0.1) is 0 Å². The molecule has 0 aromatic rings. The van der Waals surface area contributed by atoms with Crippen LogP contribution in [0.25, 0.3) is 0 Å². The van der Waals surface area contributed by atoms with Gasteiger partial charge in [-0.05, 0) is 24.2 Å². The quantitative estimate of drug-likeness (QED) is 0.656. The third-order valence-corrected chi connectivity index (χ3v) is 2.77. The summed E-state index contributed by atoms with van der Waals surface area (Å²) >= 11 is 0. The molecule has 66 valence electrons. The molecule has 0 amide bonds. The fourth-order valence-corrected chi connectivity index (χ4v) is 1.63. The van der Waals surface area contributed by atoms with Crippen molar-refractivity contribution in [2.75, 3.05) is 6.54 Å². The van der Waals surface area contributed by atoms with Crippen molar-refractivity contribution in [3.63, 3.8) is 0 Å². The zero-order valence-corrected chi connectivity index (χ0v) is 7.65. The fraction of sp³-hybridized carbons (Fsp3) is 1.00. The first-order valence-corrected chi connectivity index (χ1v) is 4.31. The largest absolute Gasteiger partial charge is 0.327 e. The maximum atomic E-state index is 14.1. The summed E-state index contributed by atoms with van der Waals surface area (Å²) in [4.78, 5) is 0. The molecule has 1 atom stereocenters.